The molecule has 4 atom stereocenters. The van der Waals surface area contributed by atoms with Gasteiger partial charge in [-0.1, -0.05) is 20.3 Å². The van der Waals surface area contributed by atoms with Crippen LogP contribution < -0.4 is 5.73 Å². The summed E-state index contributed by atoms with van der Waals surface area (Å²) in [6, 6.07) is 0. The van der Waals surface area contributed by atoms with Gasteiger partial charge in [-0.15, -0.1) is 0 Å². The maximum Gasteiger partial charge on any atom is -0.00232 e. The number of fused-ring (bicyclic) bond motifs is 2. The largest absolute Gasteiger partial charge is 0.330 e. The highest BCUT2D eigenvalue weighted by Crippen LogP contribution is 2.52. The van der Waals surface area contributed by atoms with Crippen molar-refractivity contribution in [3.63, 3.8) is 0 Å². The van der Waals surface area contributed by atoms with Crippen molar-refractivity contribution in [2.24, 2.45) is 28.9 Å². The van der Waals surface area contributed by atoms with E-state index in [1.54, 1.807) is 0 Å². The topological polar surface area (TPSA) is 26.0 Å². The van der Waals surface area contributed by atoms with Crippen LogP contribution in [0.25, 0.3) is 0 Å². The predicted molar refractivity (Wildman–Crippen MR) is 61.0 cm³/mol. The molecule has 0 spiro atoms. The van der Waals surface area contributed by atoms with E-state index in [0.29, 0.717) is 5.41 Å². The first-order chi connectivity index (χ1) is 6.67. The summed E-state index contributed by atoms with van der Waals surface area (Å²) in [6.07, 6.45) is 8.72. The summed E-state index contributed by atoms with van der Waals surface area (Å²) >= 11 is 0. The van der Waals surface area contributed by atoms with Crippen molar-refractivity contribution >= 4 is 0 Å². The Morgan fingerprint density at radius 2 is 2.07 bits per heavy atom. The van der Waals surface area contributed by atoms with Crippen LogP contribution in [0.5, 0.6) is 0 Å². The summed E-state index contributed by atoms with van der Waals surface area (Å²) in [4.78, 5) is 0. The fourth-order valence-electron chi connectivity index (χ4n) is 3.63. The number of hydrogen-bond acceptors (Lipinski definition) is 1. The first-order valence-electron chi connectivity index (χ1n) is 6.37. The summed E-state index contributed by atoms with van der Waals surface area (Å²) in [6.45, 7) is 5.54. The molecule has 0 aromatic rings. The van der Waals surface area contributed by atoms with Crippen LogP contribution in [0.1, 0.15) is 52.4 Å². The van der Waals surface area contributed by atoms with Gasteiger partial charge in [0.25, 0.3) is 0 Å². The van der Waals surface area contributed by atoms with E-state index in [4.69, 9.17) is 5.73 Å². The Morgan fingerprint density at radius 1 is 1.29 bits per heavy atom. The fraction of sp³-hybridized carbons (Fsp3) is 1.00. The Kier molecular flexibility index (Phi) is 2.88. The third-order valence-electron chi connectivity index (χ3n) is 4.99. The molecule has 2 rings (SSSR count). The van der Waals surface area contributed by atoms with Crippen molar-refractivity contribution < 1.29 is 0 Å². The van der Waals surface area contributed by atoms with Gasteiger partial charge in [-0.2, -0.15) is 0 Å². The molecule has 0 amide bonds. The van der Waals surface area contributed by atoms with Crippen molar-refractivity contribution in [2.45, 2.75) is 52.4 Å². The zero-order chi connectivity index (χ0) is 10.2. The Labute approximate surface area is 88.4 Å². The molecule has 2 fully saturated rings. The van der Waals surface area contributed by atoms with Gasteiger partial charge in [-0.25, -0.2) is 0 Å². The molecule has 14 heavy (non-hydrogen) atoms. The van der Waals surface area contributed by atoms with Gasteiger partial charge in [0.2, 0.25) is 0 Å². The van der Waals surface area contributed by atoms with Crippen molar-refractivity contribution in [1.29, 1.82) is 0 Å². The minimum Gasteiger partial charge on any atom is -0.330 e. The molecule has 0 heterocycles. The summed E-state index contributed by atoms with van der Waals surface area (Å²) < 4.78 is 0. The molecule has 0 saturated heterocycles. The minimum atomic E-state index is 0.426. The Bertz CT molecular complexity index is 195. The van der Waals surface area contributed by atoms with E-state index in [9.17, 15) is 0 Å². The van der Waals surface area contributed by atoms with Crippen LogP contribution in [0.2, 0.25) is 0 Å². The number of nitrogens with two attached hydrogens (primary N) is 1. The first-order valence-corrected chi connectivity index (χ1v) is 6.37. The molecule has 2 N–H and O–H groups in total. The van der Waals surface area contributed by atoms with E-state index in [0.717, 1.165) is 24.3 Å². The summed E-state index contributed by atoms with van der Waals surface area (Å²) in [7, 11) is 0. The van der Waals surface area contributed by atoms with Gasteiger partial charge in [0.05, 0.1) is 0 Å². The van der Waals surface area contributed by atoms with E-state index in [-0.39, 0.29) is 0 Å². The molecule has 0 radical (unpaired) electrons. The molecule has 4 unspecified atom stereocenters. The Morgan fingerprint density at radius 3 is 2.50 bits per heavy atom. The van der Waals surface area contributed by atoms with Gasteiger partial charge in [-0.3, -0.25) is 0 Å². The normalized spacial score (nSPS) is 40.1. The van der Waals surface area contributed by atoms with Gasteiger partial charge < -0.3 is 5.73 Å². The average Bonchev–Trinajstić information content (AvgIpc) is 2.79. The third kappa shape index (κ3) is 1.84. The van der Waals surface area contributed by atoms with Crippen LogP contribution in [0.15, 0.2) is 0 Å². The lowest BCUT2D eigenvalue weighted by atomic mass is 9.74. The summed E-state index contributed by atoms with van der Waals surface area (Å²) in [5.74, 6) is 3.17. The van der Waals surface area contributed by atoms with Crippen LogP contribution >= 0.6 is 0 Å². The zero-order valence-electron chi connectivity index (χ0n) is 9.76. The standard InChI is InChI=1S/C13H25N/c1-3-13(2,9-14)8-12-7-10-4-5-11(12)6-10/h10-12H,3-9,14H2,1-2H3. The fourth-order valence-corrected chi connectivity index (χ4v) is 3.63. The molecular weight excluding hydrogens is 170 g/mol. The molecule has 1 nitrogen and oxygen atoms in total. The van der Waals surface area contributed by atoms with Crippen molar-refractivity contribution in [1.82, 2.24) is 0 Å². The monoisotopic (exact) mass is 195 g/mol. The molecule has 0 aromatic heterocycles. The molecule has 2 bridgehead atoms. The Balaban J connectivity index is 1.91. The highest BCUT2D eigenvalue weighted by atomic mass is 14.6. The number of hydrogen-bond donors (Lipinski definition) is 1. The van der Waals surface area contributed by atoms with Gasteiger partial charge >= 0.3 is 0 Å². The van der Waals surface area contributed by atoms with Gasteiger partial charge in [0.1, 0.15) is 0 Å². The summed E-state index contributed by atoms with van der Waals surface area (Å²) in [5, 5.41) is 0. The van der Waals surface area contributed by atoms with Crippen LogP contribution in [-0.2, 0) is 0 Å². The second-order valence-corrected chi connectivity index (χ2v) is 6.01. The van der Waals surface area contributed by atoms with Crippen LogP contribution in [0, 0.1) is 23.2 Å². The number of rotatable bonds is 4. The van der Waals surface area contributed by atoms with Crippen molar-refractivity contribution in [3.05, 3.63) is 0 Å². The molecule has 2 saturated carbocycles. The smallest absolute Gasteiger partial charge is 0.00232 e. The average molecular weight is 195 g/mol. The van der Waals surface area contributed by atoms with E-state index < -0.39 is 0 Å². The molecule has 2 aliphatic rings. The molecular formula is C13H25N. The Hall–Kier alpha value is -0.0400. The molecule has 1 heteroatoms. The maximum atomic E-state index is 5.89. The second-order valence-electron chi connectivity index (χ2n) is 6.01. The maximum absolute atomic E-state index is 5.89. The second kappa shape index (κ2) is 3.84. The van der Waals surface area contributed by atoms with Gasteiger partial charge in [-0.05, 0) is 61.8 Å². The predicted octanol–water partition coefficient (Wildman–Crippen LogP) is 3.19. The van der Waals surface area contributed by atoms with Gasteiger partial charge in [0.15, 0.2) is 0 Å². The molecule has 0 aliphatic heterocycles. The SMILES string of the molecule is CCC(C)(CN)CC1CC2CCC1C2. The highest BCUT2D eigenvalue weighted by Gasteiger charge is 2.41. The van der Waals surface area contributed by atoms with Crippen molar-refractivity contribution in [3.8, 4) is 0 Å². The third-order valence-corrected chi connectivity index (χ3v) is 4.99. The van der Waals surface area contributed by atoms with E-state index in [2.05, 4.69) is 13.8 Å². The molecule has 2 aliphatic carbocycles. The van der Waals surface area contributed by atoms with E-state index >= 15 is 0 Å². The molecule has 0 aromatic carbocycles. The highest BCUT2D eigenvalue weighted by molar-refractivity contribution is 4.92. The lowest BCUT2D eigenvalue weighted by Crippen LogP contribution is -2.30. The first kappa shape index (κ1) is 10.5. The van der Waals surface area contributed by atoms with Gasteiger partial charge in [0, 0.05) is 0 Å². The quantitative estimate of drug-likeness (QED) is 0.732. The van der Waals surface area contributed by atoms with Crippen LogP contribution in [-0.4, -0.2) is 6.54 Å². The lowest BCUT2D eigenvalue weighted by Gasteiger charge is -2.33. The van der Waals surface area contributed by atoms with Crippen molar-refractivity contribution in [2.75, 3.05) is 6.54 Å². The summed E-state index contributed by atoms with van der Waals surface area (Å²) in [5.41, 5.74) is 6.32. The van der Waals surface area contributed by atoms with E-state index in [1.165, 1.54) is 38.5 Å². The molecule has 82 valence electrons. The minimum absolute atomic E-state index is 0.426. The van der Waals surface area contributed by atoms with Crippen LogP contribution in [0.4, 0.5) is 0 Å². The van der Waals surface area contributed by atoms with Crippen LogP contribution in [0.3, 0.4) is 0 Å². The van der Waals surface area contributed by atoms with E-state index in [1.807, 2.05) is 0 Å². The zero-order valence-corrected chi connectivity index (χ0v) is 9.76. The lowest BCUT2D eigenvalue weighted by molar-refractivity contribution is 0.190.